The molecule has 0 fully saturated rings. The zero-order valence-corrected chi connectivity index (χ0v) is 70.5. The summed E-state index contributed by atoms with van der Waals surface area (Å²) in [5, 5.41) is 10.7. The summed E-state index contributed by atoms with van der Waals surface area (Å²) in [6.45, 7) is 14.3. The van der Waals surface area contributed by atoms with Gasteiger partial charge < -0.3 is 33.8 Å². The van der Waals surface area contributed by atoms with Gasteiger partial charge in [-0.05, 0) is 49.4 Å². The van der Waals surface area contributed by atoms with Crippen LogP contribution in [0.5, 0.6) is 0 Å². The van der Waals surface area contributed by atoms with Gasteiger partial charge in [-0.2, -0.15) is 0 Å². The number of phosphoric ester groups is 2. The van der Waals surface area contributed by atoms with Crippen LogP contribution in [0.2, 0.25) is 0 Å². The smallest absolute Gasteiger partial charge is 0.462 e. The maximum absolute atomic E-state index is 13.1. The van der Waals surface area contributed by atoms with E-state index in [2.05, 4.69) is 55.4 Å². The summed E-state index contributed by atoms with van der Waals surface area (Å²) in [6, 6.07) is 0. The van der Waals surface area contributed by atoms with Gasteiger partial charge in [0.1, 0.15) is 19.3 Å². The van der Waals surface area contributed by atoms with Crippen LogP contribution < -0.4 is 0 Å². The summed E-state index contributed by atoms with van der Waals surface area (Å²) in [4.78, 5) is 73.1. The molecule has 104 heavy (non-hydrogen) atoms. The Morgan fingerprint density at radius 1 is 0.269 bits per heavy atom. The number of carbonyl (C=O) groups is 4. The van der Waals surface area contributed by atoms with Crippen molar-refractivity contribution in [1.29, 1.82) is 0 Å². The van der Waals surface area contributed by atoms with Gasteiger partial charge in [-0.3, -0.25) is 37.3 Å². The summed E-state index contributed by atoms with van der Waals surface area (Å²) in [5.74, 6) is 1.08. The lowest BCUT2D eigenvalue weighted by Crippen LogP contribution is -2.30. The number of rotatable bonds is 82. The van der Waals surface area contributed by atoms with Gasteiger partial charge in [0.2, 0.25) is 0 Å². The summed E-state index contributed by atoms with van der Waals surface area (Å²) in [7, 11) is -9.93. The van der Waals surface area contributed by atoms with Gasteiger partial charge in [-0.1, -0.05) is 389 Å². The Labute approximate surface area is 638 Å². The molecule has 5 unspecified atom stereocenters. The molecule has 0 aliphatic carbocycles. The molecule has 19 heteroatoms. The first-order valence-corrected chi connectivity index (χ1v) is 46.8. The van der Waals surface area contributed by atoms with E-state index in [1.165, 1.54) is 238 Å². The molecule has 0 aromatic heterocycles. The van der Waals surface area contributed by atoms with Crippen molar-refractivity contribution in [3.05, 3.63) is 0 Å². The molecule has 0 bridgehead atoms. The van der Waals surface area contributed by atoms with Crippen LogP contribution in [0.3, 0.4) is 0 Å². The lowest BCUT2D eigenvalue weighted by molar-refractivity contribution is -0.161. The number of ether oxygens (including phenoxy) is 4. The van der Waals surface area contributed by atoms with E-state index in [1.54, 1.807) is 0 Å². The maximum Gasteiger partial charge on any atom is 0.472 e. The number of unbranched alkanes of at least 4 members (excludes halogenated alkanes) is 46. The van der Waals surface area contributed by atoms with Crippen molar-refractivity contribution in [3.63, 3.8) is 0 Å². The van der Waals surface area contributed by atoms with Gasteiger partial charge in [0.15, 0.2) is 12.2 Å². The number of phosphoric acid groups is 2. The lowest BCUT2D eigenvalue weighted by atomic mass is 9.99. The van der Waals surface area contributed by atoms with E-state index in [-0.39, 0.29) is 25.7 Å². The average Bonchev–Trinajstić information content (AvgIpc) is 0.915. The number of carbonyl (C=O) groups excluding carboxylic acids is 4. The molecule has 0 aromatic carbocycles. The summed E-state index contributed by atoms with van der Waals surface area (Å²) >= 11 is 0. The summed E-state index contributed by atoms with van der Waals surface area (Å²) < 4.78 is 68.8. The molecule has 0 saturated carbocycles. The quantitative estimate of drug-likeness (QED) is 0.0222. The highest BCUT2D eigenvalue weighted by molar-refractivity contribution is 7.47. The molecule has 0 amide bonds. The van der Waals surface area contributed by atoms with E-state index in [0.717, 1.165) is 114 Å². The Morgan fingerprint density at radius 2 is 0.462 bits per heavy atom. The minimum Gasteiger partial charge on any atom is -0.462 e. The Morgan fingerprint density at radius 3 is 0.683 bits per heavy atom. The molecule has 0 radical (unpaired) electrons. The fraction of sp³-hybridized carbons (Fsp3) is 0.953. The molecule has 17 nitrogen and oxygen atoms in total. The van der Waals surface area contributed by atoms with E-state index in [4.69, 9.17) is 37.0 Å². The minimum atomic E-state index is -4.96. The summed E-state index contributed by atoms with van der Waals surface area (Å²) in [6.07, 6.45) is 62.5. The van der Waals surface area contributed by atoms with Crippen LogP contribution in [0.1, 0.15) is 441 Å². The monoisotopic (exact) mass is 1520 g/mol. The van der Waals surface area contributed by atoms with Crippen LogP contribution in [0.4, 0.5) is 0 Å². The molecule has 0 aromatic rings. The Bertz CT molecular complexity index is 2030. The third-order valence-electron chi connectivity index (χ3n) is 20.5. The zero-order chi connectivity index (χ0) is 76.7. The van der Waals surface area contributed by atoms with Crippen molar-refractivity contribution < 1.29 is 80.2 Å². The van der Waals surface area contributed by atoms with E-state index in [9.17, 15) is 43.2 Å². The molecule has 0 aliphatic heterocycles. The topological polar surface area (TPSA) is 237 Å². The number of aliphatic hydroxyl groups excluding tert-OH is 1. The van der Waals surface area contributed by atoms with Crippen molar-refractivity contribution in [2.75, 3.05) is 39.6 Å². The van der Waals surface area contributed by atoms with Gasteiger partial charge in [-0.15, -0.1) is 0 Å². The fourth-order valence-electron chi connectivity index (χ4n) is 13.1. The molecule has 0 rings (SSSR count). The predicted molar refractivity (Wildman–Crippen MR) is 428 cm³/mol. The normalized spacial score (nSPS) is 14.5. The molecule has 7 atom stereocenters. The van der Waals surface area contributed by atoms with Crippen molar-refractivity contribution in [1.82, 2.24) is 0 Å². The highest BCUT2D eigenvalue weighted by atomic mass is 31.2. The van der Waals surface area contributed by atoms with Crippen molar-refractivity contribution >= 4 is 39.5 Å². The van der Waals surface area contributed by atoms with Gasteiger partial charge >= 0.3 is 39.5 Å². The second-order valence-corrected chi connectivity index (χ2v) is 34.9. The van der Waals surface area contributed by atoms with E-state index < -0.39 is 97.5 Å². The van der Waals surface area contributed by atoms with Crippen LogP contribution in [0, 0.1) is 23.7 Å². The van der Waals surface area contributed by atoms with Crippen LogP contribution in [-0.2, 0) is 65.4 Å². The van der Waals surface area contributed by atoms with E-state index >= 15 is 0 Å². The summed E-state index contributed by atoms with van der Waals surface area (Å²) in [5.41, 5.74) is 0. The first kappa shape index (κ1) is 102. The van der Waals surface area contributed by atoms with Crippen molar-refractivity contribution in [2.45, 2.75) is 459 Å². The highest BCUT2D eigenvalue weighted by Gasteiger charge is 2.30. The Kier molecular flexibility index (Phi) is 72.5. The molecule has 0 aliphatic rings. The maximum atomic E-state index is 13.1. The van der Waals surface area contributed by atoms with Gasteiger partial charge in [0.05, 0.1) is 26.4 Å². The third-order valence-corrected chi connectivity index (χ3v) is 22.4. The van der Waals surface area contributed by atoms with Gasteiger partial charge in [0.25, 0.3) is 0 Å². The minimum absolute atomic E-state index is 0.107. The first-order valence-electron chi connectivity index (χ1n) is 43.8. The Balaban J connectivity index is 5.19. The molecule has 618 valence electrons. The fourth-order valence-corrected chi connectivity index (χ4v) is 14.7. The SMILES string of the molecule is CCC(C)CCCCCCCCCCCCCCCCCCCCC(=O)OC[C@H](COP(=O)(O)OCC(O)COP(=O)(O)OC[C@@H](COC(=O)CCCCCCCCCC(C)C)OC(=O)CCCCCCCCCCCCCCCCC(C)CC)OC(=O)CCCCCCCCCCCCCC(C)C. The third kappa shape index (κ3) is 75.5. The molecule has 3 N–H and O–H groups in total. The number of hydrogen-bond donors (Lipinski definition) is 3. The second kappa shape index (κ2) is 73.8. The molecular weight excluding hydrogens is 1350 g/mol. The first-order chi connectivity index (χ1) is 50.2. The highest BCUT2D eigenvalue weighted by Crippen LogP contribution is 2.45. The zero-order valence-electron chi connectivity index (χ0n) is 68.7. The number of aliphatic hydroxyl groups is 1. The van der Waals surface area contributed by atoms with Crippen molar-refractivity contribution in [3.8, 4) is 0 Å². The largest absolute Gasteiger partial charge is 0.472 e. The standard InChI is InChI=1S/C85H166O17P2/c1-9-77(7)63-55-47-39-31-25-19-15-13-11-12-14-16-21-27-33-41-49-57-65-82(87)95-71-80(101-85(90)68-60-52-43-35-29-23-24-30-37-45-53-61-75(3)4)73-99-103(91,92)97-69-79(86)70-98-104(93,94)100-74-81(72-96-83(88)66-58-50-44-36-38-46-54-62-76(5)6)102-84(89)67-59-51-42-34-28-22-18-17-20-26-32-40-48-56-64-78(8)10-2/h75-81,86H,9-74H2,1-8H3,(H,91,92)(H,93,94)/t77?,78?,79?,80-,81-/m1/s1. The van der Waals surface area contributed by atoms with E-state index in [1.807, 2.05) is 0 Å². The molecule has 0 heterocycles. The Hall–Kier alpha value is -1.94. The molecule has 0 spiro atoms. The predicted octanol–water partition coefficient (Wildman–Crippen LogP) is 25.6. The number of esters is 4. The van der Waals surface area contributed by atoms with Crippen LogP contribution in [0.25, 0.3) is 0 Å². The number of hydrogen-bond acceptors (Lipinski definition) is 15. The van der Waals surface area contributed by atoms with Crippen molar-refractivity contribution in [2.24, 2.45) is 23.7 Å². The van der Waals surface area contributed by atoms with Crippen LogP contribution >= 0.6 is 15.6 Å². The lowest BCUT2D eigenvalue weighted by Gasteiger charge is -2.21. The average molecular weight is 1520 g/mol. The van der Waals surface area contributed by atoms with Crippen LogP contribution in [-0.4, -0.2) is 96.7 Å². The van der Waals surface area contributed by atoms with Crippen LogP contribution in [0.15, 0.2) is 0 Å². The van der Waals surface area contributed by atoms with E-state index in [0.29, 0.717) is 31.6 Å². The van der Waals surface area contributed by atoms with Gasteiger partial charge in [-0.25, -0.2) is 9.13 Å². The molecule has 0 saturated heterocycles. The molecular formula is C85H166O17P2. The van der Waals surface area contributed by atoms with Gasteiger partial charge in [0, 0.05) is 25.7 Å². The second-order valence-electron chi connectivity index (χ2n) is 32.0.